The summed E-state index contributed by atoms with van der Waals surface area (Å²) in [6.45, 7) is 1.15. The van der Waals surface area contributed by atoms with Gasteiger partial charge in [0.15, 0.2) is 5.75 Å². The molecule has 0 fully saturated rings. The Kier molecular flexibility index (Phi) is 2.43. The molecule has 0 aliphatic carbocycles. The minimum atomic E-state index is -1.90. The summed E-state index contributed by atoms with van der Waals surface area (Å²) in [7, 11) is 0. The third-order valence-electron chi connectivity index (χ3n) is 2.60. The number of carboxylic acid groups (broad SMARTS) is 1. The van der Waals surface area contributed by atoms with Crippen molar-refractivity contribution in [2.24, 2.45) is 0 Å². The van der Waals surface area contributed by atoms with Crippen LogP contribution >= 0.6 is 0 Å². The van der Waals surface area contributed by atoms with Crippen molar-refractivity contribution in [3.63, 3.8) is 0 Å². The second-order valence-corrected chi connectivity index (χ2v) is 3.88. The van der Waals surface area contributed by atoms with E-state index < -0.39 is 22.4 Å². The molecule has 0 spiro atoms. The van der Waals surface area contributed by atoms with E-state index in [4.69, 9.17) is 9.84 Å². The van der Waals surface area contributed by atoms with Gasteiger partial charge in [-0.15, -0.1) is 0 Å². The maximum Gasteiger partial charge on any atom is 0.348 e. The number of nitro benzene ring substituents is 1. The van der Waals surface area contributed by atoms with Gasteiger partial charge in [0.2, 0.25) is 5.54 Å². The molecular weight excluding hydrogens is 244 g/mol. The molecule has 0 bridgehead atoms. The van der Waals surface area contributed by atoms with E-state index in [1.54, 1.807) is 0 Å². The number of hydrogen-bond acceptors (Lipinski definition) is 6. The second kappa shape index (κ2) is 3.69. The van der Waals surface area contributed by atoms with Gasteiger partial charge in [-0.25, -0.2) is 9.59 Å². The Morgan fingerprint density at radius 3 is 2.78 bits per heavy atom. The lowest BCUT2D eigenvalue weighted by Crippen LogP contribution is -2.55. The largest absolute Gasteiger partial charge is 0.479 e. The molecule has 8 nitrogen and oxygen atoms in total. The summed E-state index contributed by atoms with van der Waals surface area (Å²) in [5.74, 6) is -2.48. The lowest BCUT2D eigenvalue weighted by atomic mass is 10.0. The zero-order valence-electron chi connectivity index (χ0n) is 9.17. The van der Waals surface area contributed by atoms with Gasteiger partial charge in [-0.2, -0.15) is 0 Å². The minimum Gasteiger partial charge on any atom is -0.479 e. The lowest BCUT2D eigenvalue weighted by Gasteiger charge is -2.30. The number of carboxylic acids is 1. The summed E-state index contributed by atoms with van der Waals surface area (Å²) < 4.78 is 4.81. The first kappa shape index (κ1) is 11.8. The van der Waals surface area contributed by atoms with Gasteiger partial charge in [0, 0.05) is 6.07 Å². The Balaban J connectivity index is 2.46. The van der Waals surface area contributed by atoms with Crippen LogP contribution in [0.5, 0.6) is 5.75 Å². The monoisotopic (exact) mass is 252 g/mol. The van der Waals surface area contributed by atoms with Crippen molar-refractivity contribution in [1.29, 1.82) is 0 Å². The van der Waals surface area contributed by atoms with Crippen molar-refractivity contribution in [2.75, 3.05) is 5.32 Å². The molecule has 1 heterocycles. The number of ether oxygens (including phenoxy) is 1. The van der Waals surface area contributed by atoms with Crippen LogP contribution in [0.2, 0.25) is 0 Å². The van der Waals surface area contributed by atoms with Crippen molar-refractivity contribution in [1.82, 2.24) is 0 Å². The number of non-ortho nitro benzene ring substituents is 1. The Labute approximate surface area is 100 Å². The van der Waals surface area contributed by atoms with E-state index >= 15 is 0 Å². The maximum atomic E-state index is 11.6. The number of fused-ring (bicyclic) bond motifs is 1. The van der Waals surface area contributed by atoms with Crippen LogP contribution in [0, 0.1) is 10.1 Å². The molecule has 0 saturated carbocycles. The second-order valence-electron chi connectivity index (χ2n) is 3.88. The molecule has 1 aromatic carbocycles. The van der Waals surface area contributed by atoms with Crippen LogP contribution in [0.15, 0.2) is 18.2 Å². The molecule has 2 N–H and O–H groups in total. The summed E-state index contributed by atoms with van der Waals surface area (Å²) in [6, 6.07) is 3.54. The van der Waals surface area contributed by atoms with E-state index in [9.17, 15) is 19.7 Å². The molecular formula is C10H8N2O6. The van der Waals surface area contributed by atoms with E-state index in [0.717, 1.165) is 13.0 Å². The number of anilines is 1. The van der Waals surface area contributed by atoms with Crippen LogP contribution in [0.3, 0.4) is 0 Å². The van der Waals surface area contributed by atoms with Gasteiger partial charge >= 0.3 is 11.9 Å². The highest BCUT2D eigenvalue weighted by atomic mass is 16.6. The molecule has 0 aromatic heterocycles. The van der Waals surface area contributed by atoms with Crippen LogP contribution < -0.4 is 10.1 Å². The number of nitrogens with zero attached hydrogens (tertiary/aromatic N) is 1. The molecule has 1 aromatic rings. The van der Waals surface area contributed by atoms with Crippen LogP contribution in [-0.2, 0) is 9.59 Å². The molecule has 0 saturated heterocycles. The van der Waals surface area contributed by atoms with E-state index in [2.05, 4.69) is 5.32 Å². The summed E-state index contributed by atoms with van der Waals surface area (Å²) >= 11 is 0. The third-order valence-corrected chi connectivity index (χ3v) is 2.60. The summed E-state index contributed by atoms with van der Waals surface area (Å²) in [6.07, 6.45) is 0. The van der Waals surface area contributed by atoms with Crippen LogP contribution in [0.4, 0.5) is 11.4 Å². The molecule has 1 unspecified atom stereocenters. The van der Waals surface area contributed by atoms with Crippen molar-refractivity contribution in [3.8, 4) is 5.75 Å². The topological polar surface area (TPSA) is 119 Å². The number of carbonyl (C=O) groups excluding carboxylic acids is 1. The fraction of sp³-hybridized carbons (Fsp3) is 0.200. The van der Waals surface area contributed by atoms with Crippen LogP contribution in [0.25, 0.3) is 0 Å². The van der Waals surface area contributed by atoms with Crippen molar-refractivity contribution in [2.45, 2.75) is 12.5 Å². The maximum absolute atomic E-state index is 11.6. The number of esters is 1. The van der Waals surface area contributed by atoms with Crippen molar-refractivity contribution >= 4 is 23.3 Å². The molecule has 1 atom stereocenters. The van der Waals surface area contributed by atoms with Gasteiger partial charge in [0.1, 0.15) is 0 Å². The average molecular weight is 252 g/mol. The van der Waals surface area contributed by atoms with Crippen LogP contribution in [0.1, 0.15) is 6.92 Å². The molecule has 94 valence electrons. The Morgan fingerprint density at radius 1 is 1.56 bits per heavy atom. The third kappa shape index (κ3) is 1.63. The molecule has 2 rings (SSSR count). The predicted octanol–water partition coefficient (Wildman–Crippen LogP) is 0.769. The fourth-order valence-electron chi connectivity index (χ4n) is 1.48. The zero-order chi connectivity index (χ0) is 13.5. The van der Waals surface area contributed by atoms with E-state index in [0.29, 0.717) is 0 Å². The first-order valence-corrected chi connectivity index (χ1v) is 4.87. The SMILES string of the molecule is CC1(C(=O)O)Nc2ccc([N+](=O)[O-])cc2OC1=O. The number of benzene rings is 1. The molecule has 1 aliphatic heterocycles. The first-order valence-electron chi connectivity index (χ1n) is 4.87. The summed E-state index contributed by atoms with van der Waals surface area (Å²) in [4.78, 5) is 32.5. The van der Waals surface area contributed by atoms with Gasteiger partial charge in [-0.3, -0.25) is 10.1 Å². The molecule has 1 aliphatic rings. The highest BCUT2D eigenvalue weighted by Gasteiger charge is 2.47. The quantitative estimate of drug-likeness (QED) is 0.262. The Hall–Kier alpha value is -2.64. The number of rotatable bonds is 2. The summed E-state index contributed by atoms with van der Waals surface area (Å²) in [5.41, 5.74) is -1.93. The lowest BCUT2D eigenvalue weighted by molar-refractivity contribution is -0.384. The number of nitrogens with one attached hydrogen (secondary N) is 1. The molecule has 8 heteroatoms. The van der Waals surface area contributed by atoms with Gasteiger partial charge in [-0.1, -0.05) is 0 Å². The molecule has 0 amide bonds. The number of hydrogen-bond donors (Lipinski definition) is 2. The van der Waals surface area contributed by atoms with E-state index in [1.807, 2.05) is 0 Å². The smallest absolute Gasteiger partial charge is 0.348 e. The van der Waals surface area contributed by atoms with Gasteiger partial charge < -0.3 is 15.2 Å². The standard InChI is InChI=1S/C10H8N2O6/c1-10(8(13)14)9(15)18-7-4-5(12(16)17)2-3-6(7)11-10/h2-4,11H,1H3,(H,13,14). The highest BCUT2D eigenvalue weighted by molar-refractivity contribution is 6.09. The van der Waals surface area contributed by atoms with E-state index in [1.165, 1.54) is 12.1 Å². The highest BCUT2D eigenvalue weighted by Crippen LogP contribution is 2.35. The molecule has 18 heavy (non-hydrogen) atoms. The minimum absolute atomic E-state index is 0.0621. The van der Waals surface area contributed by atoms with Gasteiger partial charge in [-0.05, 0) is 13.0 Å². The fourth-order valence-corrected chi connectivity index (χ4v) is 1.48. The summed E-state index contributed by atoms with van der Waals surface area (Å²) in [5, 5.41) is 22.0. The first-order chi connectivity index (χ1) is 8.34. The number of aliphatic carboxylic acids is 1. The van der Waals surface area contributed by atoms with Crippen molar-refractivity contribution in [3.05, 3.63) is 28.3 Å². The Bertz CT molecular complexity index is 569. The average Bonchev–Trinajstić information content (AvgIpc) is 2.29. The molecule has 0 radical (unpaired) electrons. The van der Waals surface area contributed by atoms with Crippen LogP contribution in [-0.4, -0.2) is 27.5 Å². The number of carbonyl (C=O) groups is 2. The normalized spacial score (nSPS) is 21.5. The van der Waals surface area contributed by atoms with Crippen molar-refractivity contribution < 1.29 is 24.4 Å². The predicted molar refractivity (Wildman–Crippen MR) is 58.4 cm³/mol. The van der Waals surface area contributed by atoms with Gasteiger partial charge in [0.25, 0.3) is 5.69 Å². The number of nitro groups is 1. The Morgan fingerprint density at radius 2 is 2.22 bits per heavy atom. The van der Waals surface area contributed by atoms with E-state index in [-0.39, 0.29) is 17.1 Å². The zero-order valence-corrected chi connectivity index (χ0v) is 9.17. The van der Waals surface area contributed by atoms with Gasteiger partial charge in [0.05, 0.1) is 16.7 Å².